The van der Waals surface area contributed by atoms with E-state index in [-0.39, 0.29) is 35.3 Å². The second-order valence-corrected chi connectivity index (χ2v) is 8.49. The highest BCUT2D eigenvalue weighted by Gasteiger charge is 2.22. The fourth-order valence-corrected chi connectivity index (χ4v) is 4.33. The summed E-state index contributed by atoms with van der Waals surface area (Å²) in [4.78, 5) is 33.5. The molecule has 1 aliphatic carbocycles. The van der Waals surface area contributed by atoms with Gasteiger partial charge in [0.2, 0.25) is 0 Å². The number of nitrogens with two attached hydrogens (primary N) is 1. The summed E-state index contributed by atoms with van der Waals surface area (Å²) in [7, 11) is 0. The molecule has 1 saturated carbocycles. The van der Waals surface area contributed by atoms with Gasteiger partial charge < -0.3 is 21.5 Å². The minimum atomic E-state index is -0.352. The Morgan fingerprint density at radius 3 is 2.57 bits per heavy atom. The normalized spacial score (nSPS) is 18.8. The largest absolute Gasteiger partial charge is 0.393 e. The van der Waals surface area contributed by atoms with E-state index in [0.717, 1.165) is 28.6 Å². The Bertz CT molecular complexity index is 1080. The van der Waals surface area contributed by atoms with Gasteiger partial charge in [0, 0.05) is 12.6 Å². The first-order valence-electron chi connectivity index (χ1n) is 9.87. The van der Waals surface area contributed by atoms with Gasteiger partial charge in [0.05, 0.1) is 16.3 Å². The van der Waals surface area contributed by atoms with E-state index in [9.17, 15) is 14.7 Å². The highest BCUT2D eigenvalue weighted by atomic mass is 32.1. The predicted octanol–water partition coefficient (Wildman–Crippen LogP) is 2.24. The van der Waals surface area contributed by atoms with Crippen LogP contribution in [0, 0.1) is 0 Å². The summed E-state index contributed by atoms with van der Waals surface area (Å²) < 4.78 is 0.964. The molecule has 1 aromatic carbocycles. The van der Waals surface area contributed by atoms with Gasteiger partial charge in [0.1, 0.15) is 11.4 Å². The molecule has 3 aromatic rings. The summed E-state index contributed by atoms with van der Waals surface area (Å²) >= 11 is 1.40. The molecule has 0 spiro atoms. The molecule has 4 rings (SSSR count). The third-order valence-corrected chi connectivity index (χ3v) is 6.02. The third kappa shape index (κ3) is 4.74. The van der Waals surface area contributed by atoms with Crippen molar-refractivity contribution in [2.75, 3.05) is 5.73 Å². The van der Waals surface area contributed by atoms with Crippen LogP contribution < -0.4 is 16.4 Å². The van der Waals surface area contributed by atoms with Crippen molar-refractivity contribution in [1.82, 2.24) is 20.6 Å². The molecule has 9 heteroatoms. The number of pyridine rings is 1. The number of fused-ring (bicyclic) bond motifs is 1. The van der Waals surface area contributed by atoms with Crippen molar-refractivity contribution in [1.29, 1.82) is 0 Å². The van der Waals surface area contributed by atoms with Crippen molar-refractivity contribution in [3.8, 4) is 0 Å². The Hall–Kier alpha value is -3.04. The number of nitrogens with one attached hydrogen (secondary N) is 2. The van der Waals surface area contributed by atoms with Gasteiger partial charge in [0.25, 0.3) is 11.8 Å². The van der Waals surface area contributed by atoms with Gasteiger partial charge in [-0.3, -0.25) is 9.59 Å². The first-order chi connectivity index (χ1) is 14.5. The van der Waals surface area contributed by atoms with Crippen LogP contribution in [0.25, 0.3) is 10.2 Å². The lowest BCUT2D eigenvalue weighted by Gasteiger charge is -2.26. The van der Waals surface area contributed by atoms with Gasteiger partial charge in [-0.05, 0) is 55.5 Å². The molecule has 1 fully saturated rings. The smallest absolute Gasteiger partial charge is 0.270 e. The third-order valence-electron chi connectivity index (χ3n) is 5.17. The summed E-state index contributed by atoms with van der Waals surface area (Å²) in [5.41, 5.74) is 7.87. The van der Waals surface area contributed by atoms with Crippen LogP contribution in [0.1, 0.15) is 52.2 Å². The van der Waals surface area contributed by atoms with Crippen LogP contribution >= 0.6 is 11.3 Å². The number of nitrogens with zero attached hydrogens (tertiary/aromatic N) is 2. The quantitative estimate of drug-likeness (QED) is 0.496. The molecule has 156 valence electrons. The van der Waals surface area contributed by atoms with E-state index in [1.54, 1.807) is 18.2 Å². The van der Waals surface area contributed by atoms with Gasteiger partial charge >= 0.3 is 0 Å². The van der Waals surface area contributed by atoms with Crippen molar-refractivity contribution in [2.24, 2.45) is 0 Å². The molecule has 8 nitrogen and oxygen atoms in total. The molecule has 0 atom stereocenters. The van der Waals surface area contributed by atoms with Crippen molar-refractivity contribution in [3.63, 3.8) is 0 Å². The number of carbonyl (C=O) groups is 2. The molecular formula is C21H23N5O3S. The minimum Gasteiger partial charge on any atom is -0.393 e. The lowest BCUT2D eigenvalue weighted by molar-refractivity contribution is 0.0863. The van der Waals surface area contributed by atoms with Gasteiger partial charge in [-0.15, -0.1) is 0 Å². The zero-order valence-corrected chi connectivity index (χ0v) is 17.1. The zero-order valence-electron chi connectivity index (χ0n) is 16.3. The van der Waals surface area contributed by atoms with E-state index in [2.05, 4.69) is 20.6 Å². The Labute approximate surface area is 177 Å². The second-order valence-electron chi connectivity index (χ2n) is 7.42. The molecule has 5 N–H and O–H groups in total. The Morgan fingerprint density at radius 1 is 1.07 bits per heavy atom. The number of benzene rings is 1. The maximum absolute atomic E-state index is 12.5. The lowest BCUT2D eigenvalue weighted by Crippen LogP contribution is -2.39. The number of thiazole rings is 1. The maximum Gasteiger partial charge on any atom is 0.270 e. The van der Waals surface area contributed by atoms with E-state index >= 15 is 0 Å². The molecule has 2 aromatic heterocycles. The standard InChI is InChI=1S/C21H23N5O3S/c22-21-26-15-9-4-12(10-18(15)30-21)11-23-19(28)16-2-1-3-17(25-16)20(29)24-13-5-7-14(27)8-6-13/h1-4,9-10,13-14,27H,5-8,11H2,(H2,22,26)(H,23,28)(H,24,29). The topological polar surface area (TPSA) is 130 Å². The molecule has 0 unspecified atom stereocenters. The van der Waals surface area contributed by atoms with Crippen LogP contribution in [-0.2, 0) is 6.54 Å². The Balaban J connectivity index is 1.37. The Morgan fingerprint density at radius 2 is 1.80 bits per heavy atom. The summed E-state index contributed by atoms with van der Waals surface area (Å²) in [5.74, 6) is -0.659. The van der Waals surface area contributed by atoms with Crippen LogP contribution in [0.3, 0.4) is 0 Å². The average Bonchev–Trinajstić information content (AvgIpc) is 3.13. The van der Waals surface area contributed by atoms with Gasteiger partial charge in [-0.25, -0.2) is 9.97 Å². The summed E-state index contributed by atoms with van der Waals surface area (Å²) in [5, 5.41) is 15.9. The Kier molecular flexibility index (Phi) is 5.91. The lowest BCUT2D eigenvalue weighted by atomic mass is 9.93. The van der Waals surface area contributed by atoms with E-state index in [4.69, 9.17) is 5.73 Å². The van der Waals surface area contributed by atoms with E-state index in [1.807, 2.05) is 18.2 Å². The highest BCUT2D eigenvalue weighted by Crippen LogP contribution is 2.24. The van der Waals surface area contributed by atoms with Crippen LogP contribution in [0.2, 0.25) is 0 Å². The zero-order chi connectivity index (χ0) is 21.1. The first-order valence-corrected chi connectivity index (χ1v) is 10.7. The molecular weight excluding hydrogens is 402 g/mol. The molecule has 2 heterocycles. The van der Waals surface area contributed by atoms with Crippen molar-refractivity contribution >= 4 is 38.5 Å². The van der Waals surface area contributed by atoms with Gasteiger partial charge in [-0.2, -0.15) is 0 Å². The molecule has 0 radical (unpaired) electrons. The number of carbonyl (C=O) groups excluding carboxylic acids is 2. The molecule has 0 aliphatic heterocycles. The van der Waals surface area contributed by atoms with Crippen LogP contribution in [0.5, 0.6) is 0 Å². The SMILES string of the molecule is Nc1nc2ccc(CNC(=O)c3cccc(C(=O)NC4CCC(O)CC4)n3)cc2s1. The first kappa shape index (κ1) is 20.2. The number of aliphatic hydroxyl groups excluding tert-OH is 1. The molecule has 0 saturated heterocycles. The average molecular weight is 426 g/mol. The number of nitrogen functional groups attached to an aromatic ring is 1. The van der Waals surface area contributed by atoms with E-state index in [1.165, 1.54) is 11.3 Å². The van der Waals surface area contributed by atoms with Crippen LogP contribution in [0.15, 0.2) is 36.4 Å². The maximum atomic E-state index is 12.5. The molecule has 30 heavy (non-hydrogen) atoms. The molecule has 1 aliphatic rings. The van der Waals surface area contributed by atoms with Crippen molar-refractivity contribution in [2.45, 2.75) is 44.4 Å². The second kappa shape index (κ2) is 8.76. The number of hydrogen-bond acceptors (Lipinski definition) is 7. The predicted molar refractivity (Wildman–Crippen MR) is 115 cm³/mol. The number of amides is 2. The number of aliphatic hydroxyl groups is 1. The highest BCUT2D eigenvalue weighted by molar-refractivity contribution is 7.22. The van der Waals surface area contributed by atoms with Crippen LogP contribution in [0.4, 0.5) is 5.13 Å². The fourth-order valence-electron chi connectivity index (χ4n) is 3.54. The number of hydrogen-bond donors (Lipinski definition) is 4. The van der Waals surface area contributed by atoms with Crippen molar-refractivity contribution < 1.29 is 14.7 Å². The minimum absolute atomic E-state index is 0.0240. The molecule has 0 bridgehead atoms. The monoisotopic (exact) mass is 425 g/mol. The number of anilines is 1. The van der Waals surface area contributed by atoms with Crippen molar-refractivity contribution in [3.05, 3.63) is 53.3 Å². The van der Waals surface area contributed by atoms with E-state index in [0.29, 0.717) is 24.5 Å². The van der Waals surface area contributed by atoms with E-state index < -0.39 is 0 Å². The number of aromatic nitrogens is 2. The molecule has 2 amide bonds. The summed E-state index contributed by atoms with van der Waals surface area (Å²) in [6, 6.07) is 10.5. The van der Waals surface area contributed by atoms with Crippen LogP contribution in [-0.4, -0.2) is 39.0 Å². The fraction of sp³-hybridized carbons (Fsp3) is 0.333. The summed E-state index contributed by atoms with van der Waals surface area (Å²) in [6.07, 6.45) is 2.56. The number of rotatable bonds is 5. The van der Waals surface area contributed by atoms with Gasteiger partial charge in [0.15, 0.2) is 5.13 Å². The summed E-state index contributed by atoms with van der Waals surface area (Å²) in [6.45, 7) is 0.328. The van der Waals surface area contributed by atoms with Gasteiger partial charge in [-0.1, -0.05) is 23.5 Å².